The third-order valence-electron chi connectivity index (χ3n) is 4.58. The van der Waals surface area contributed by atoms with Crippen LogP contribution in [0.15, 0.2) is 12.3 Å². The van der Waals surface area contributed by atoms with Crippen molar-refractivity contribution in [2.75, 3.05) is 19.8 Å². The van der Waals surface area contributed by atoms with Gasteiger partial charge in [-0.3, -0.25) is 14.3 Å². The Morgan fingerprint density at radius 2 is 2.17 bits per heavy atom. The standard InChI is InChI=1S/C16H24N4O3/c1-2-23-11-15(21)19-9-13-7-8-17-20(13)14(10-19)16(22)18-12-5-3-4-6-12/h7-8,12,14H,2-6,9-11H2,1H3,(H,18,22)/t14-/m0/s1. The van der Waals surface area contributed by atoms with Crippen molar-refractivity contribution in [3.05, 3.63) is 18.0 Å². The number of nitrogens with zero attached hydrogens (tertiary/aromatic N) is 3. The summed E-state index contributed by atoms with van der Waals surface area (Å²) in [6.07, 6.45) is 6.10. The summed E-state index contributed by atoms with van der Waals surface area (Å²) in [5, 5.41) is 7.39. The Morgan fingerprint density at radius 3 is 2.91 bits per heavy atom. The van der Waals surface area contributed by atoms with Crippen LogP contribution >= 0.6 is 0 Å². The van der Waals surface area contributed by atoms with E-state index in [2.05, 4.69) is 10.4 Å². The first-order valence-corrected chi connectivity index (χ1v) is 8.37. The van der Waals surface area contributed by atoms with Crippen LogP contribution in [0.4, 0.5) is 0 Å². The maximum Gasteiger partial charge on any atom is 0.249 e. The molecule has 1 fully saturated rings. The Balaban J connectivity index is 1.70. The third-order valence-corrected chi connectivity index (χ3v) is 4.58. The summed E-state index contributed by atoms with van der Waals surface area (Å²) in [5.41, 5.74) is 0.882. The Kier molecular flexibility index (Phi) is 4.95. The first-order valence-electron chi connectivity index (χ1n) is 8.37. The highest BCUT2D eigenvalue weighted by molar-refractivity contribution is 5.83. The Hall–Kier alpha value is -1.89. The molecule has 1 aromatic rings. The Labute approximate surface area is 136 Å². The number of hydrogen-bond donors (Lipinski definition) is 1. The quantitative estimate of drug-likeness (QED) is 0.873. The second-order valence-corrected chi connectivity index (χ2v) is 6.18. The van der Waals surface area contributed by atoms with Crippen LogP contribution in [0.1, 0.15) is 44.3 Å². The average molecular weight is 320 g/mol. The van der Waals surface area contributed by atoms with Gasteiger partial charge in [0.15, 0.2) is 0 Å². The predicted octanol–water partition coefficient (Wildman–Crippen LogP) is 0.862. The number of rotatable bonds is 5. The molecule has 7 nitrogen and oxygen atoms in total. The van der Waals surface area contributed by atoms with E-state index in [-0.39, 0.29) is 24.5 Å². The number of hydrogen-bond acceptors (Lipinski definition) is 4. The lowest BCUT2D eigenvalue weighted by Gasteiger charge is -2.33. The summed E-state index contributed by atoms with van der Waals surface area (Å²) in [5.74, 6) is -0.131. The van der Waals surface area contributed by atoms with Crippen molar-refractivity contribution in [3.8, 4) is 0 Å². The molecule has 1 N–H and O–H groups in total. The van der Waals surface area contributed by atoms with Crippen LogP contribution in [0.5, 0.6) is 0 Å². The molecule has 3 rings (SSSR count). The minimum atomic E-state index is -0.458. The molecule has 1 atom stereocenters. The molecule has 0 saturated heterocycles. The van der Waals surface area contributed by atoms with Crippen LogP contribution in [-0.4, -0.2) is 52.3 Å². The highest BCUT2D eigenvalue weighted by Crippen LogP contribution is 2.23. The van der Waals surface area contributed by atoms with E-state index in [0.717, 1.165) is 18.5 Å². The normalized spacial score (nSPS) is 21.3. The zero-order valence-corrected chi connectivity index (χ0v) is 13.5. The van der Waals surface area contributed by atoms with Crippen molar-refractivity contribution in [2.45, 2.75) is 51.2 Å². The number of aromatic nitrogens is 2. The molecule has 2 heterocycles. The molecule has 0 spiro atoms. The molecule has 1 aromatic heterocycles. The Morgan fingerprint density at radius 1 is 1.39 bits per heavy atom. The summed E-state index contributed by atoms with van der Waals surface area (Å²) in [6, 6.07) is 1.66. The fraction of sp³-hybridized carbons (Fsp3) is 0.688. The summed E-state index contributed by atoms with van der Waals surface area (Å²) in [6.45, 7) is 3.24. The summed E-state index contributed by atoms with van der Waals surface area (Å²) in [7, 11) is 0. The molecule has 2 amide bonds. The van der Waals surface area contributed by atoms with Crippen molar-refractivity contribution in [3.63, 3.8) is 0 Å². The smallest absolute Gasteiger partial charge is 0.249 e. The van der Waals surface area contributed by atoms with Gasteiger partial charge in [0, 0.05) is 18.8 Å². The van der Waals surface area contributed by atoms with Gasteiger partial charge in [-0.15, -0.1) is 0 Å². The summed E-state index contributed by atoms with van der Waals surface area (Å²) in [4.78, 5) is 26.6. The van der Waals surface area contributed by atoms with Crippen LogP contribution in [0.25, 0.3) is 0 Å². The molecule has 0 radical (unpaired) electrons. The number of ether oxygens (including phenoxy) is 1. The fourth-order valence-corrected chi connectivity index (χ4v) is 3.33. The molecular formula is C16H24N4O3. The molecule has 1 aliphatic carbocycles. The lowest BCUT2D eigenvalue weighted by Crippen LogP contribution is -2.49. The maximum atomic E-state index is 12.7. The van der Waals surface area contributed by atoms with Crippen molar-refractivity contribution in [1.82, 2.24) is 20.0 Å². The number of carbonyl (C=O) groups is 2. The van der Waals surface area contributed by atoms with E-state index >= 15 is 0 Å². The number of carbonyl (C=O) groups excluding carboxylic acids is 2. The molecule has 1 aliphatic heterocycles. The van der Waals surface area contributed by atoms with Gasteiger partial charge in [-0.25, -0.2) is 0 Å². The third kappa shape index (κ3) is 3.55. The second kappa shape index (κ2) is 7.12. The summed E-state index contributed by atoms with van der Waals surface area (Å²) >= 11 is 0. The predicted molar refractivity (Wildman–Crippen MR) is 83.6 cm³/mol. The largest absolute Gasteiger partial charge is 0.372 e. The van der Waals surface area contributed by atoms with Crippen LogP contribution in [0.3, 0.4) is 0 Å². The maximum absolute atomic E-state index is 12.7. The number of nitrogens with one attached hydrogen (secondary N) is 1. The first-order chi connectivity index (χ1) is 11.2. The minimum absolute atomic E-state index is 0.0456. The van der Waals surface area contributed by atoms with Gasteiger partial charge in [0.1, 0.15) is 12.6 Å². The van der Waals surface area contributed by atoms with E-state index in [1.807, 2.05) is 13.0 Å². The zero-order chi connectivity index (χ0) is 16.2. The van der Waals surface area contributed by atoms with Crippen molar-refractivity contribution < 1.29 is 14.3 Å². The van der Waals surface area contributed by atoms with Gasteiger partial charge < -0.3 is 15.0 Å². The Bertz CT molecular complexity index is 565. The van der Waals surface area contributed by atoms with Gasteiger partial charge in [-0.1, -0.05) is 12.8 Å². The van der Waals surface area contributed by atoms with E-state index in [1.54, 1.807) is 15.8 Å². The van der Waals surface area contributed by atoms with Crippen LogP contribution < -0.4 is 5.32 Å². The summed E-state index contributed by atoms with van der Waals surface area (Å²) < 4.78 is 6.95. The number of amides is 2. The van der Waals surface area contributed by atoms with Gasteiger partial charge >= 0.3 is 0 Å². The topological polar surface area (TPSA) is 76.5 Å². The van der Waals surface area contributed by atoms with Gasteiger partial charge in [0.2, 0.25) is 11.8 Å². The lowest BCUT2D eigenvalue weighted by atomic mass is 10.1. The highest BCUT2D eigenvalue weighted by Gasteiger charge is 2.34. The molecular weight excluding hydrogens is 296 g/mol. The molecule has 2 aliphatic rings. The van der Waals surface area contributed by atoms with E-state index in [9.17, 15) is 9.59 Å². The lowest BCUT2D eigenvalue weighted by molar-refractivity contribution is -0.139. The van der Waals surface area contributed by atoms with Crippen molar-refractivity contribution >= 4 is 11.8 Å². The van der Waals surface area contributed by atoms with Gasteiger partial charge in [-0.05, 0) is 25.8 Å². The van der Waals surface area contributed by atoms with Crippen molar-refractivity contribution in [1.29, 1.82) is 0 Å². The molecule has 7 heteroatoms. The molecule has 1 saturated carbocycles. The number of fused-ring (bicyclic) bond motifs is 1. The van der Waals surface area contributed by atoms with Crippen molar-refractivity contribution in [2.24, 2.45) is 0 Å². The van der Waals surface area contributed by atoms with E-state index < -0.39 is 6.04 Å². The van der Waals surface area contributed by atoms with Gasteiger partial charge in [-0.2, -0.15) is 5.10 Å². The van der Waals surface area contributed by atoms with Crippen LogP contribution in [-0.2, 0) is 20.9 Å². The highest BCUT2D eigenvalue weighted by atomic mass is 16.5. The van der Waals surface area contributed by atoms with Gasteiger partial charge in [0.05, 0.1) is 18.8 Å². The molecule has 23 heavy (non-hydrogen) atoms. The molecule has 0 unspecified atom stereocenters. The molecule has 126 valence electrons. The average Bonchev–Trinajstić information content (AvgIpc) is 3.22. The molecule has 0 bridgehead atoms. The molecule has 0 aromatic carbocycles. The van der Waals surface area contributed by atoms with E-state index in [0.29, 0.717) is 19.7 Å². The first kappa shape index (κ1) is 16.0. The van der Waals surface area contributed by atoms with Crippen LogP contribution in [0.2, 0.25) is 0 Å². The second-order valence-electron chi connectivity index (χ2n) is 6.18. The van der Waals surface area contributed by atoms with E-state index in [1.165, 1.54) is 12.8 Å². The van der Waals surface area contributed by atoms with E-state index in [4.69, 9.17) is 4.74 Å². The minimum Gasteiger partial charge on any atom is -0.372 e. The SMILES string of the molecule is CCOCC(=O)N1Cc2ccnn2[C@H](C(=O)NC2CCCC2)C1. The zero-order valence-electron chi connectivity index (χ0n) is 13.5. The monoisotopic (exact) mass is 320 g/mol. The van der Waals surface area contributed by atoms with Gasteiger partial charge in [0.25, 0.3) is 0 Å². The van der Waals surface area contributed by atoms with Crippen LogP contribution in [0, 0.1) is 0 Å². The fourth-order valence-electron chi connectivity index (χ4n) is 3.33.